The number of amidine groups is 1. The molecule has 0 radical (unpaired) electrons. The molecule has 1 heterocycles. The van der Waals surface area contributed by atoms with E-state index in [2.05, 4.69) is 4.99 Å². The SMILES string of the molecule is CN=C1S/C(=C\c2cccc(Cl)c2Cl)C(=O)N1C. The molecular formula is C12H10Cl2N2OS. The quantitative estimate of drug-likeness (QED) is 0.743. The minimum atomic E-state index is -0.0864. The van der Waals surface area contributed by atoms with Crippen LogP contribution in [0.2, 0.25) is 10.0 Å². The number of likely N-dealkylation sites (N-methyl/N-ethyl adjacent to an activating group) is 1. The second kappa shape index (κ2) is 5.34. The highest BCUT2D eigenvalue weighted by atomic mass is 35.5. The Morgan fingerprint density at radius 3 is 2.72 bits per heavy atom. The average Bonchev–Trinajstić information content (AvgIpc) is 2.63. The molecule has 0 saturated carbocycles. The summed E-state index contributed by atoms with van der Waals surface area (Å²) in [4.78, 5) is 18.1. The molecule has 1 amide bonds. The second-order valence-corrected chi connectivity index (χ2v) is 5.42. The van der Waals surface area contributed by atoms with Crippen molar-refractivity contribution in [3.05, 3.63) is 38.7 Å². The van der Waals surface area contributed by atoms with Crippen molar-refractivity contribution < 1.29 is 4.79 Å². The van der Waals surface area contributed by atoms with Crippen LogP contribution in [0, 0.1) is 0 Å². The van der Waals surface area contributed by atoms with Gasteiger partial charge >= 0.3 is 0 Å². The summed E-state index contributed by atoms with van der Waals surface area (Å²) in [5.74, 6) is -0.0864. The Kier molecular flexibility index (Phi) is 4.00. The van der Waals surface area contributed by atoms with Gasteiger partial charge in [0.05, 0.1) is 15.0 Å². The zero-order chi connectivity index (χ0) is 13.3. The van der Waals surface area contributed by atoms with E-state index < -0.39 is 0 Å². The largest absolute Gasteiger partial charge is 0.290 e. The first-order valence-corrected chi connectivity index (χ1v) is 6.70. The predicted molar refractivity (Wildman–Crippen MR) is 78.2 cm³/mol. The van der Waals surface area contributed by atoms with Crippen LogP contribution in [0.15, 0.2) is 28.1 Å². The minimum absolute atomic E-state index is 0.0864. The van der Waals surface area contributed by atoms with Gasteiger partial charge in [-0.05, 0) is 29.5 Å². The highest BCUT2D eigenvalue weighted by Crippen LogP contribution is 2.34. The lowest BCUT2D eigenvalue weighted by Crippen LogP contribution is -2.23. The molecule has 0 unspecified atom stereocenters. The lowest BCUT2D eigenvalue weighted by atomic mass is 10.2. The molecule has 6 heteroatoms. The molecule has 1 aromatic rings. The summed E-state index contributed by atoms with van der Waals surface area (Å²) < 4.78 is 0. The summed E-state index contributed by atoms with van der Waals surface area (Å²) in [6, 6.07) is 5.32. The topological polar surface area (TPSA) is 32.7 Å². The first kappa shape index (κ1) is 13.5. The summed E-state index contributed by atoms with van der Waals surface area (Å²) in [6.45, 7) is 0. The van der Waals surface area contributed by atoms with E-state index in [1.54, 1.807) is 32.3 Å². The fourth-order valence-electron chi connectivity index (χ4n) is 1.52. The Labute approximate surface area is 119 Å². The number of aliphatic imine (C=N–C) groups is 1. The van der Waals surface area contributed by atoms with Crippen LogP contribution in [-0.4, -0.2) is 30.1 Å². The van der Waals surface area contributed by atoms with Crippen LogP contribution >= 0.6 is 35.0 Å². The Hall–Kier alpha value is -0.970. The number of thioether (sulfide) groups is 1. The van der Waals surface area contributed by atoms with Gasteiger partial charge in [0.25, 0.3) is 5.91 Å². The van der Waals surface area contributed by atoms with E-state index in [0.717, 1.165) is 5.56 Å². The molecule has 0 aromatic heterocycles. The summed E-state index contributed by atoms with van der Waals surface area (Å²) >= 11 is 13.3. The molecular weight excluding hydrogens is 291 g/mol. The molecule has 3 nitrogen and oxygen atoms in total. The second-order valence-electron chi connectivity index (χ2n) is 3.62. The summed E-state index contributed by atoms with van der Waals surface area (Å²) in [5, 5.41) is 1.59. The Morgan fingerprint density at radius 2 is 2.11 bits per heavy atom. The third-order valence-corrected chi connectivity index (χ3v) is 4.45. The highest BCUT2D eigenvalue weighted by Gasteiger charge is 2.29. The number of benzene rings is 1. The van der Waals surface area contributed by atoms with Gasteiger partial charge in [0.15, 0.2) is 5.17 Å². The molecule has 0 N–H and O–H groups in total. The summed E-state index contributed by atoms with van der Waals surface area (Å²) in [5.41, 5.74) is 0.728. The van der Waals surface area contributed by atoms with Gasteiger partial charge < -0.3 is 0 Å². The molecule has 2 rings (SSSR count). The summed E-state index contributed by atoms with van der Waals surface area (Å²) in [6.07, 6.45) is 1.73. The van der Waals surface area contributed by atoms with Gasteiger partial charge in [0, 0.05) is 14.1 Å². The van der Waals surface area contributed by atoms with Gasteiger partial charge in [-0.2, -0.15) is 0 Å². The molecule has 1 aliphatic rings. The molecule has 1 saturated heterocycles. The molecule has 18 heavy (non-hydrogen) atoms. The van der Waals surface area contributed by atoms with E-state index in [0.29, 0.717) is 20.1 Å². The number of carbonyl (C=O) groups is 1. The average molecular weight is 301 g/mol. The van der Waals surface area contributed by atoms with Crippen LogP contribution in [0.5, 0.6) is 0 Å². The van der Waals surface area contributed by atoms with Crippen LogP contribution < -0.4 is 0 Å². The molecule has 1 fully saturated rings. The van der Waals surface area contributed by atoms with E-state index in [4.69, 9.17) is 23.2 Å². The van der Waals surface area contributed by atoms with Crippen molar-refractivity contribution in [2.45, 2.75) is 0 Å². The molecule has 1 aromatic carbocycles. The van der Waals surface area contributed by atoms with Gasteiger partial charge in [0.1, 0.15) is 0 Å². The lowest BCUT2D eigenvalue weighted by molar-refractivity contribution is -0.121. The molecule has 0 spiro atoms. The van der Waals surface area contributed by atoms with E-state index >= 15 is 0 Å². The van der Waals surface area contributed by atoms with Crippen LogP contribution in [0.25, 0.3) is 6.08 Å². The molecule has 94 valence electrons. The van der Waals surface area contributed by atoms with Crippen molar-refractivity contribution in [3.8, 4) is 0 Å². The molecule has 0 aliphatic carbocycles. The molecule has 0 bridgehead atoms. The van der Waals surface area contributed by atoms with Crippen LogP contribution in [-0.2, 0) is 4.79 Å². The number of rotatable bonds is 1. The molecule has 0 atom stereocenters. The normalized spacial score (nSPS) is 20.2. The highest BCUT2D eigenvalue weighted by molar-refractivity contribution is 8.18. The van der Waals surface area contributed by atoms with Crippen molar-refractivity contribution in [1.29, 1.82) is 0 Å². The van der Waals surface area contributed by atoms with Crippen LogP contribution in [0.1, 0.15) is 5.56 Å². The number of amides is 1. The number of nitrogens with zero attached hydrogens (tertiary/aromatic N) is 2. The smallest absolute Gasteiger partial charge is 0.266 e. The zero-order valence-corrected chi connectivity index (χ0v) is 12.1. The Morgan fingerprint density at radius 1 is 1.39 bits per heavy atom. The van der Waals surface area contributed by atoms with E-state index in [1.807, 2.05) is 6.07 Å². The maximum Gasteiger partial charge on any atom is 0.266 e. The number of hydrogen-bond donors (Lipinski definition) is 0. The van der Waals surface area contributed by atoms with Gasteiger partial charge in [-0.25, -0.2) is 0 Å². The van der Waals surface area contributed by atoms with E-state index in [9.17, 15) is 4.79 Å². The Balaban J connectivity index is 2.41. The zero-order valence-electron chi connectivity index (χ0n) is 9.78. The van der Waals surface area contributed by atoms with Crippen LogP contribution in [0.3, 0.4) is 0 Å². The van der Waals surface area contributed by atoms with Crippen molar-refractivity contribution in [1.82, 2.24) is 4.90 Å². The monoisotopic (exact) mass is 300 g/mol. The van der Waals surface area contributed by atoms with Gasteiger partial charge in [0.2, 0.25) is 0 Å². The van der Waals surface area contributed by atoms with Crippen LogP contribution in [0.4, 0.5) is 0 Å². The maximum atomic E-state index is 12.0. The maximum absolute atomic E-state index is 12.0. The predicted octanol–water partition coefficient (Wildman–Crippen LogP) is 3.53. The van der Waals surface area contributed by atoms with Crippen molar-refractivity contribution in [2.24, 2.45) is 4.99 Å². The number of carbonyl (C=O) groups excluding carboxylic acids is 1. The summed E-state index contributed by atoms with van der Waals surface area (Å²) in [7, 11) is 3.35. The fraction of sp³-hybridized carbons (Fsp3) is 0.167. The third-order valence-electron chi connectivity index (χ3n) is 2.46. The molecule has 1 aliphatic heterocycles. The number of hydrogen-bond acceptors (Lipinski definition) is 3. The van der Waals surface area contributed by atoms with Gasteiger partial charge in [-0.3, -0.25) is 14.7 Å². The first-order chi connectivity index (χ1) is 8.54. The number of halogens is 2. The standard InChI is InChI=1S/C12H10Cl2N2OS/c1-15-12-16(2)11(17)9(18-12)6-7-4-3-5-8(13)10(7)14/h3-6H,1-2H3/b9-6-,15-12?. The van der Waals surface area contributed by atoms with E-state index in [1.165, 1.54) is 16.7 Å². The first-order valence-electron chi connectivity index (χ1n) is 5.13. The van der Waals surface area contributed by atoms with Gasteiger partial charge in [-0.1, -0.05) is 35.3 Å². The lowest BCUT2D eigenvalue weighted by Gasteiger charge is -2.05. The minimum Gasteiger partial charge on any atom is -0.290 e. The van der Waals surface area contributed by atoms with Gasteiger partial charge in [-0.15, -0.1) is 0 Å². The van der Waals surface area contributed by atoms with Crippen molar-refractivity contribution in [3.63, 3.8) is 0 Å². The Bertz CT molecular complexity index is 569. The van der Waals surface area contributed by atoms with Crippen molar-refractivity contribution in [2.75, 3.05) is 14.1 Å². The third kappa shape index (κ3) is 2.41. The fourth-order valence-corrected chi connectivity index (χ4v) is 2.80. The van der Waals surface area contributed by atoms with E-state index in [-0.39, 0.29) is 5.91 Å². The van der Waals surface area contributed by atoms with Crippen molar-refractivity contribution >= 4 is 52.1 Å².